The summed E-state index contributed by atoms with van der Waals surface area (Å²) in [5.74, 6) is 6.83. The van der Waals surface area contributed by atoms with Gasteiger partial charge in [0, 0.05) is 19.3 Å². The molecule has 4 N–H and O–H groups in total. The lowest BCUT2D eigenvalue weighted by molar-refractivity contribution is 0.272. The van der Waals surface area contributed by atoms with Crippen molar-refractivity contribution in [2.75, 3.05) is 18.0 Å². The molecule has 0 radical (unpaired) electrons. The lowest BCUT2D eigenvalue weighted by Gasteiger charge is -2.36. The van der Waals surface area contributed by atoms with Crippen LogP contribution in [0.1, 0.15) is 12.8 Å². The molecule has 5 nitrogen and oxygen atoms in total. The smallest absolute Gasteiger partial charge is 0.180 e. The van der Waals surface area contributed by atoms with Gasteiger partial charge in [0.25, 0.3) is 0 Å². The average Bonchev–Trinajstić information content (AvgIpc) is 2.39. The highest BCUT2D eigenvalue weighted by Crippen LogP contribution is 2.19. The Morgan fingerprint density at radius 1 is 1.41 bits per heavy atom. The van der Waals surface area contributed by atoms with Crippen molar-refractivity contribution in [3.63, 3.8) is 0 Å². The van der Waals surface area contributed by atoms with Crippen LogP contribution in [-0.4, -0.2) is 34.2 Å². The summed E-state index contributed by atoms with van der Waals surface area (Å²) in [4.78, 5) is 6.59. The van der Waals surface area contributed by atoms with Gasteiger partial charge in [-0.25, -0.2) is 10.8 Å². The summed E-state index contributed by atoms with van der Waals surface area (Å²) in [5, 5.41) is 1.77. The Morgan fingerprint density at radius 2 is 2.12 bits per heavy atom. The van der Waals surface area contributed by atoms with E-state index in [0.29, 0.717) is 0 Å². The molecular weight excluding hydrogens is 234 g/mol. The second-order valence-corrected chi connectivity index (χ2v) is 4.57. The van der Waals surface area contributed by atoms with E-state index < -0.39 is 0 Å². The fourth-order valence-electron chi connectivity index (χ4n) is 2.09. The summed E-state index contributed by atoms with van der Waals surface area (Å²) in [5.41, 5.74) is 5.52. The molecule has 0 aromatic carbocycles. The van der Waals surface area contributed by atoms with Gasteiger partial charge in [0.15, 0.2) is 5.11 Å². The van der Waals surface area contributed by atoms with E-state index >= 15 is 0 Å². The van der Waals surface area contributed by atoms with E-state index in [-0.39, 0.29) is 11.2 Å². The highest BCUT2D eigenvalue weighted by atomic mass is 32.1. The molecule has 0 amide bonds. The van der Waals surface area contributed by atoms with Crippen LogP contribution in [0.5, 0.6) is 0 Å². The third-order valence-corrected chi connectivity index (χ3v) is 3.30. The van der Waals surface area contributed by atoms with Crippen LogP contribution in [0.15, 0.2) is 24.4 Å². The summed E-state index contributed by atoms with van der Waals surface area (Å²) in [7, 11) is 0. The van der Waals surface area contributed by atoms with Crippen LogP contribution in [0, 0.1) is 0 Å². The van der Waals surface area contributed by atoms with Crippen molar-refractivity contribution in [2.45, 2.75) is 18.9 Å². The Balaban J connectivity index is 1.93. The lowest BCUT2D eigenvalue weighted by Crippen LogP contribution is -2.52. The van der Waals surface area contributed by atoms with Crippen molar-refractivity contribution in [1.82, 2.24) is 9.99 Å². The fourth-order valence-corrected chi connectivity index (χ4v) is 2.24. The minimum Gasteiger partial charge on any atom is -0.375 e. The van der Waals surface area contributed by atoms with Crippen molar-refractivity contribution < 1.29 is 0 Å². The number of hydrazine groups is 1. The molecule has 2 rings (SSSR count). The van der Waals surface area contributed by atoms with Gasteiger partial charge in [-0.15, -0.1) is 0 Å². The first-order valence-corrected chi connectivity index (χ1v) is 6.08. The van der Waals surface area contributed by atoms with Gasteiger partial charge in [0.05, 0.1) is 6.04 Å². The van der Waals surface area contributed by atoms with Crippen molar-refractivity contribution in [3.8, 4) is 0 Å². The molecular formula is C11H17N5S. The van der Waals surface area contributed by atoms with Gasteiger partial charge < -0.3 is 10.6 Å². The molecule has 1 aliphatic rings. The number of pyridine rings is 1. The van der Waals surface area contributed by atoms with E-state index in [0.717, 1.165) is 31.7 Å². The Bertz CT molecular complexity index is 375. The van der Waals surface area contributed by atoms with Gasteiger partial charge in [-0.2, -0.15) is 0 Å². The number of nitrogens with two attached hydrogens (primary N) is 2. The minimum absolute atomic E-state index is 0.243. The van der Waals surface area contributed by atoms with Gasteiger partial charge in [-0.05, 0) is 37.2 Å². The maximum atomic E-state index is 5.81. The zero-order chi connectivity index (χ0) is 12.3. The highest BCUT2D eigenvalue weighted by Gasteiger charge is 2.24. The number of hydrogen-bond acceptors (Lipinski definition) is 4. The summed E-state index contributed by atoms with van der Waals surface area (Å²) in [6.07, 6.45) is 3.71. The summed E-state index contributed by atoms with van der Waals surface area (Å²) in [6, 6.07) is 6.18. The molecule has 1 aromatic rings. The SMILES string of the molecule is NC(=S)N(N)C1CCN(c2ccccn2)CC1. The summed E-state index contributed by atoms with van der Waals surface area (Å²) in [6.45, 7) is 1.86. The first-order chi connectivity index (χ1) is 8.18. The van der Waals surface area contributed by atoms with Crippen LogP contribution in [0.25, 0.3) is 0 Å². The summed E-state index contributed by atoms with van der Waals surface area (Å²) >= 11 is 4.87. The summed E-state index contributed by atoms with van der Waals surface area (Å²) < 4.78 is 0. The molecule has 0 unspecified atom stereocenters. The Hall–Kier alpha value is -1.40. The lowest BCUT2D eigenvalue weighted by atomic mass is 10.0. The number of rotatable bonds is 2. The number of aromatic nitrogens is 1. The average molecular weight is 251 g/mol. The van der Waals surface area contributed by atoms with Gasteiger partial charge >= 0.3 is 0 Å². The topological polar surface area (TPSA) is 71.4 Å². The fraction of sp³-hybridized carbons (Fsp3) is 0.455. The number of piperidine rings is 1. The molecule has 6 heteroatoms. The van der Waals surface area contributed by atoms with E-state index in [2.05, 4.69) is 9.88 Å². The molecule has 92 valence electrons. The van der Waals surface area contributed by atoms with E-state index in [1.165, 1.54) is 5.01 Å². The molecule has 1 aliphatic heterocycles. The highest BCUT2D eigenvalue weighted by molar-refractivity contribution is 7.80. The molecule has 0 saturated carbocycles. The van der Waals surface area contributed by atoms with E-state index in [9.17, 15) is 0 Å². The quantitative estimate of drug-likeness (QED) is 0.452. The van der Waals surface area contributed by atoms with E-state index in [4.69, 9.17) is 23.8 Å². The molecule has 0 aliphatic carbocycles. The van der Waals surface area contributed by atoms with E-state index in [1.807, 2.05) is 24.4 Å². The molecule has 1 fully saturated rings. The zero-order valence-corrected chi connectivity index (χ0v) is 10.4. The predicted octanol–water partition coefficient (Wildman–Crippen LogP) is 0.470. The van der Waals surface area contributed by atoms with Crippen LogP contribution >= 0.6 is 12.2 Å². The Labute approximate surface area is 106 Å². The number of anilines is 1. The maximum absolute atomic E-state index is 5.81. The van der Waals surface area contributed by atoms with Crippen LogP contribution in [0.4, 0.5) is 5.82 Å². The largest absolute Gasteiger partial charge is 0.375 e. The van der Waals surface area contributed by atoms with Crippen molar-refractivity contribution in [1.29, 1.82) is 0 Å². The molecule has 1 aromatic heterocycles. The second kappa shape index (κ2) is 5.29. The number of nitrogens with zero attached hydrogens (tertiary/aromatic N) is 3. The first-order valence-electron chi connectivity index (χ1n) is 5.68. The molecule has 2 heterocycles. The normalized spacial score (nSPS) is 16.9. The molecule has 0 spiro atoms. The van der Waals surface area contributed by atoms with Crippen LogP contribution < -0.4 is 16.5 Å². The Kier molecular flexibility index (Phi) is 3.75. The Morgan fingerprint density at radius 3 is 2.65 bits per heavy atom. The molecule has 0 atom stereocenters. The third-order valence-electron chi connectivity index (χ3n) is 3.09. The minimum atomic E-state index is 0.243. The van der Waals surface area contributed by atoms with Crippen molar-refractivity contribution in [3.05, 3.63) is 24.4 Å². The van der Waals surface area contributed by atoms with Crippen LogP contribution in [-0.2, 0) is 0 Å². The van der Waals surface area contributed by atoms with Crippen LogP contribution in [0.2, 0.25) is 0 Å². The third kappa shape index (κ3) is 2.83. The molecule has 1 saturated heterocycles. The zero-order valence-electron chi connectivity index (χ0n) is 9.62. The van der Waals surface area contributed by atoms with Crippen LogP contribution in [0.3, 0.4) is 0 Å². The standard InChI is InChI=1S/C11H17N5S/c12-11(17)16(13)9-4-7-15(8-5-9)10-3-1-2-6-14-10/h1-3,6,9H,4-5,7-8,13H2,(H2,12,17). The monoisotopic (exact) mass is 251 g/mol. The second-order valence-electron chi connectivity index (χ2n) is 4.15. The number of hydrogen-bond donors (Lipinski definition) is 2. The van der Waals surface area contributed by atoms with Crippen molar-refractivity contribution in [2.24, 2.45) is 11.6 Å². The maximum Gasteiger partial charge on any atom is 0.180 e. The molecule has 0 bridgehead atoms. The predicted molar refractivity (Wildman–Crippen MR) is 72.3 cm³/mol. The van der Waals surface area contributed by atoms with Gasteiger partial charge in [-0.1, -0.05) is 6.07 Å². The van der Waals surface area contributed by atoms with E-state index in [1.54, 1.807) is 0 Å². The van der Waals surface area contributed by atoms with Gasteiger partial charge in [-0.3, -0.25) is 5.01 Å². The number of thiocarbonyl (C=S) groups is 1. The molecule has 17 heavy (non-hydrogen) atoms. The first kappa shape index (κ1) is 12.1. The van der Waals surface area contributed by atoms with Crippen molar-refractivity contribution >= 4 is 23.1 Å². The van der Waals surface area contributed by atoms with Gasteiger partial charge in [0.2, 0.25) is 0 Å². The van der Waals surface area contributed by atoms with Gasteiger partial charge in [0.1, 0.15) is 5.82 Å².